The summed E-state index contributed by atoms with van der Waals surface area (Å²) in [5, 5.41) is 55.5. The van der Waals surface area contributed by atoms with E-state index in [0.717, 1.165) is 81.2 Å². The number of aliphatic hydroxyl groups excluding tert-OH is 4. The van der Waals surface area contributed by atoms with Gasteiger partial charge in [-0.15, -0.1) is 0 Å². The molecule has 0 bridgehead atoms. The fourth-order valence-electron chi connectivity index (χ4n) is 9.01. The van der Waals surface area contributed by atoms with Crippen LogP contribution in [0.25, 0.3) is 5.69 Å². The van der Waals surface area contributed by atoms with E-state index in [0.29, 0.717) is 29.7 Å². The predicted octanol–water partition coefficient (Wildman–Crippen LogP) is 3.57. The van der Waals surface area contributed by atoms with Crippen LogP contribution in [0.2, 0.25) is 0 Å². The van der Waals surface area contributed by atoms with Gasteiger partial charge in [-0.3, -0.25) is 19.8 Å². The largest absolute Gasteiger partial charge is 0.433 e. The van der Waals surface area contributed by atoms with Crippen LogP contribution < -0.4 is 21.7 Å². The highest BCUT2D eigenvalue weighted by Gasteiger charge is 2.45. The molecule has 5 atom stereocenters. The summed E-state index contributed by atoms with van der Waals surface area (Å²) in [6.07, 6.45) is -1.37. The van der Waals surface area contributed by atoms with Crippen LogP contribution in [0.3, 0.4) is 0 Å². The highest BCUT2D eigenvalue weighted by molar-refractivity contribution is 6.07. The molecule has 5 heterocycles. The lowest BCUT2D eigenvalue weighted by atomic mass is 9.72. The van der Waals surface area contributed by atoms with E-state index in [1.54, 1.807) is 0 Å². The summed E-state index contributed by atoms with van der Waals surface area (Å²) in [6, 6.07) is 15.9. The average molecular weight is 806 g/mol. The zero-order chi connectivity index (χ0) is 40.9. The van der Waals surface area contributed by atoms with Gasteiger partial charge in [-0.05, 0) is 98.9 Å². The van der Waals surface area contributed by atoms with Gasteiger partial charge >= 0.3 is 6.18 Å². The second-order valence-electron chi connectivity index (χ2n) is 15.9. The average Bonchev–Trinajstić information content (AvgIpc) is 3.87. The number of amides is 2. The third-order valence-corrected chi connectivity index (χ3v) is 12.1. The van der Waals surface area contributed by atoms with Crippen molar-refractivity contribution >= 4 is 23.2 Å². The van der Waals surface area contributed by atoms with Gasteiger partial charge in [0.05, 0.1) is 23.6 Å². The Morgan fingerprint density at radius 1 is 0.931 bits per heavy atom. The second-order valence-corrected chi connectivity index (χ2v) is 15.9. The van der Waals surface area contributed by atoms with Crippen molar-refractivity contribution in [3.8, 4) is 5.69 Å². The Morgan fingerprint density at radius 3 is 2.38 bits per heavy atom. The first-order valence-corrected chi connectivity index (χ1v) is 19.4. The SMILES string of the molecule is NC(=O)c1nn(-c2ccc(CN3CCC4(CCC(Nc5ccc6c(c5)C(O)N(C5CCC(O)NC5O)C6O)CC4)C3)cc2)cc1NC(=O)c1cccc(C(F)(F)F)n1. The van der Waals surface area contributed by atoms with Gasteiger partial charge in [0, 0.05) is 35.9 Å². The Bertz CT molecular complexity index is 2160. The van der Waals surface area contributed by atoms with Crippen LogP contribution in [0.1, 0.15) is 101 Å². The lowest BCUT2D eigenvalue weighted by molar-refractivity contribution is -0.159. The van der Waals surface area contributed by atoms with Crippen molar-refractivity contribution in [3.63, 3.8) is 0 Å². The molecule has 8 rings (SSSR count). The van der Waals surface area contributed by atoms with Crippen LogP contribution in [0.15, 0.2) is 66.9 Å². The van der Waals surface area contributed by atoms with Gasteiger partial charge in [-0.1, -0.05) is 24.3 Å². The van der Waals surface area contributed by atoms with Crippen molar-refractivity contribution in [2.45, 2.75) is 94.7 Å². The van der Waals surface area contributed by atoms with Gasteiger partial charge in [0.2, 0.25) is 0 Å². The molecule has 1 spiro atoms. The zero-order valence-corrected chi connectivity index (χ0v) is 31.4. The molecule has 15 nitrogen and oxygen atoms in total. The number of carbonyl (C=O) groups excluding carboxylic acids is 2. The molecular formula is C40H46F3N9O6. The molecule has 2 aromatic heterocycles. The molecule has 18 heteroatoms. The highest BCUT2D eigenvalue weighted by Crippen LogP contribution is 2.46. The summed E-state index contributed by atoms with van der Waals surface area (Å²) in [6.45, 7) is 2.69. The lowest BCUT2D eigenvalue weighted by Crippen LogP contribution is -2.57. The van der Waals surface area contributed by atoms with Gasteiger partial charge in [0.1, 0.15) is 36.3 Å². The topological polar surface area (TPSA) is 214 Å². The Labute approximate surface area is 331 Å². The molecule has 2 aromatic carbocycles. The third-order valence-electron chi connectivity index (χ3n) is 12.1. The molecule has 3 aliphatic heterocycles. The molecule has 2 amide bonds. The van der Waals surface area contributed by atoms with Crippen LogP contribution in [-0.4, -0.2) is 94.4 Å². The summed E-state index contributed by atoms with van der Waals surface area (Å²) in [5.41, 5.74) is 7.44. The quantitative estimate of drug-likeness (QED) is 0.122. The lowest BCUT2D eigenvalue weighted by Gasteiger charge is -2.40. The molecule has 4 aromatic rings. The molecule has 3 fully saturated rings. The van der Waals surface area contributed by atoms with E-state index in [-0.39, 0.29) is 22.8 Å². The molecule has 1 saturated carbocycles. The van der Waals surface area contributed by atoms with E-state index in [1.807, 2.05) is 42.5 Å². The molecule has 2 saturated heterocycles. The molecule has 4 aliphatic rings. The van der Waals surface area contributed by atoms with E-state index in [4.69, 9.17) is 5.73 Å². The van der Waals surface area contributed by atoms with E-state index in [1.165, 1.54) is 15.8 Å². The standard InChI is InChI=1S/C40H46F3N9O6/c41-40(42,43)31-3-1-2-28(46-31)35(55)47-29-20-51(49-33(29)34(44)54)25-7-4-22(5-8-25)19-50-17-16-39(21-50)14-12-23(13-15-39)45-24-6-9-26-27(18-24)38(58)52(37(26)57)30-10-11-32(53)48-36(30)56/h1-9,18,20,23,30,32,36-38,45,48,53,56-58H,10-17,19,21H2,(H2,44,54)(H,47,55). The number of benzene rings is 2. The summed E-state index contributed by atoms with van der Waals surface area (Å²) >= 11 is 0. The van der Waals surface area contributed by atoms with E-state index < -0.39 is 60.3 Å². The Kier molecular flexibility index (Phi) is 10.8. The number of aliphatic hydroxyl groups is 4. The first kappa shape index (κ1) is 39.9. The summed E-state index contributed by atoms with van der Waals surface area (Å²) < 4.78 is 40.8. The normalized spacial score (nSPS) is 27.8. The van der Waals surface area contributed by atoms with Gasteiger partial charge in [0.25, 0.3) is 11.8 Å². The van der Waals surface area contributed by atoms with Gasteiger partial charge in [-0.25, -0.2) is 14.6 Å². The minimum absolute atomic E-state index is 0.0671. The maximum absolute atomic E-state index is 13.1. The number of carbonyl (C=O) groups is 2. The van der Waals surface area contributed by atoms with Crippen LogP contribution in [0.4, 0.5) is 24.5 Å². The number of hydrogen-bond acceptors (Lipinski definition) is 12. The van der Waals surface area contributed by atoms with Gasteiger partial charge in [-0.2, -0.15) is 18.3 Å². The third kappa shape index (κ3) is 8.05. The number of nitrogens with zero attached hydrogens (tertiary/aromatic N) is 5. The molecule has 58 heavy (non-hydrogen) atoms. The minimum atomic E-state index is -4.73. The first-order valence-electron chi connectivity index (χ1n) is 19.4. The monoisotopic (exact) mass is 805 g/mol. The Balaban J connectivity index is 0.843. The van der Waals surface area contributed by atoms with Crippen LogP contribution in [0, 0.1) is 5.41 Å². The number of nitrogens with one attached hydrogen (secondary N) is 3. The minimum Gasteiger partial charge on any atom is -0.382 e. The van der Waals surface area contributed by atoms with Crippen molar-refractivity contribution in [2.24, 2.45) is 11.1 Å². The van der Waals surface area contributed by atoms with E-state index >= 15 is 0 Å². The number of pyridine rings is 1. The number of halogens is 3. The smallest absolute Gasteiger partial charge is 0.382 e. The maximum Gasteiger partial charge on any atom is 0.433 e. The highest BCUT2D eigenvalue weighted by atomic mass is 19.4. The summed E-state index contributed by atoms with van der Waals surface area (Å²) in [4.78, 5) is 32.3. The summed E-state index contributed by atoms with van der Waals surface area (Å²) in [7, 11) is 0. The number of aromatic nitrogens is 3. The van der Waals surface area contributed by atoms with Crippen LogP contribution in [0.5, 0.6) is 0 Å². The number of hydrogen-bond donors (Lipinski definition) is 8. The zero-order valence-electron chi connectivity index (χ0n) is 31.4. The second kappa shape index (κ2) is 15.7. The van der Waals surface area contributed by atoms with Crippen LogP contribution >= 0.6 is 0 Å². The molecule has 308 valence electrons. The van der Waals surface area contributed by atoms with Gasteiger partial charge in [0.15, 0.2) is 5.69 Å². The number of piperidine rings is 1. The van der Waals surface area contributed by atoms with E-state index in [2.05, 4.69) is 30.9 Å². The van der Waals surface area contributed by atoms with Crippen molar-refractivity contribution < 1.29 is 43.2 Å². The Morgan fingerprint density at radius 2 is 1.67 bits per heavy atom. The van der Waals surface area contributed by atoms with Crippen molar-refractivity contribution in [1.29, 1.82) is 0 Å². The predicted molar refractivity (Wildman–Crippen MR) is 204 cm³/mol. The maximum atomic E-state index is 13.1. The number of anilines is 2. The fourth-order valence-corrected chi connectivity index (χ4v) is 9.01. The van der Waals surface area contributed by atoms with Crippen molar-refractivity contribution in [1.82, 2.24) is 29.9 Å². The van der Waals surface area contributed by atoms with Crippen molar-refractivity contribution in [3.05, 3.63) is 101 Å². The van der Waals surface area contributed by atoms with Crippen LogP contribution in [-0.2, 0) is 12.7 Å². The first-order chi connectivity index (χ1) is 27.7. The van der Waals surface area contributed by atoms with E-state index in [9.17, 15) is 43.2 Å². The molecular weight excluding hydrogens is 759 g/mol. The van der Waals surface area contributed by atoms with Gasteiger partial charge < -0.3 is 36.8 Å². The molecule has 5 unspecified atom stereocenters. The molecule has 9 N–H and O–H groups in total. The Hall–Kier alpha value is -4.95. The number of nitrogens with two attached hydrogens (primary N) is 1. The fraction of sp³-hybridized carbons (Fsp3) is 0.450. The number of alkyl halides is 3. The number of likely N-dealkylation sites (tertiary alicyclic amines) is 1. The summed E-state index contributed by atoms with van der Waals surface area (Å²) in [5.74, 6) is -1.88. The molecule has 1 aliphatic carbocycles. The molecule has 0 radical (unpaired) electrons. The number of primary amides is 1. The number of rotatable bonds is 9. The van der Waals surface area contributed by atoms with Crippen molar-refractivity contribution in [2.75, 3.05) is 23.7 Å². The number of fused-ring (bicyclic) bond motifs is 1.